The fourth-order valence-electron chi connectivity index (χ4n) is 2.41. The van der Waals surface area contributed by atoms with Gasteiger partial charge in [-0.3, -0.25) is 0 Å². The van der Waals surface area contributed by atoms with Crippen molar-refractivity contribution in [2.24, 2.45) is 0 Å². The van der Waals surface area contributed by atoms with Crippen molar-refractivity contribution < 1.29 is 4.74 Å². The number of benzene rings is 1. The summed E-state index contributed by atoms with van der Waals surface area (Å²) in [5.41, 5.74) is 1.86. The third-order valence-corrected chi connectivity index (χ3v) is 4.12. The summed E-state index contributed by atoms with van der Waals surface area (Å²) in [4.78, 5) is 7.56. The number of aromatic nitrogens is 1. The fraction of sp³-hybridized carbons (Fsp3) is 0.412. The number of rotatable bonds is 7. The molecule has 0 aliphatic rings. The van der Waals surface area contributed by atoms with Crippen LogP contribution in [0.3, 0.4) is 0 Å². The van der Waals surface area contributed by atoms with Crippen molar-refractivity contribution in [1.82, 2.24) is 15.2 Å². The van der Waals surface area contributed by atoms with Gasteiger partial charge in [-0.2, -0.15) is 0 Å². The van der Waals surface area contributed by atoms with Gasteiger partial charge >= 0.3 is 0 Å². The second-order valence-electron chi connectivity index (χ2n) is 5.01. The summed E-state index contributed by atoms with van der Waals surface area (Å²) < 4.78 is 5.28. The van der Waals surface area contributed by atoms with Crippen LogP contribution in [0.5, 0.6) is 5.88 Å². The Bertz CT molecular complexity index is 641. The molecule has 1 N–H and O–H groups in total. The Morgan fingerprint density at radius 2 is 2.00 bits per heavy atom. The van der Waals surface area contributed by atoms with Crippen LogP contribution in [0.25, 0.3) is 10.9 Å². The molecule has 2 aromatic rings. The zero-order valence-electron chi connectivity index (χ0n) is 13.4. The summed E-state index contributed by atoms with van der Waals surface area (Å²) in [7, 11) is 1.62. The number of pyridine rings is 1. The van der Waals surface area contributed by atoms with E-state index in [4.69, 9.17) is 17.0 Å². The van der Waals surface area contributed by atoms with Gasteiger partial charge in [0.05, 0.1) is 12.6 Å². The number of fused-ring (bicyclic) bond motifs is 1. The zero-order chi connectivity index (χ0) is 15.9. The molecule has 0 atom stereocenters. The number of hydrogen-bond acceptors (Lipinski definition) is 4. The molecular weight excluding hydrogens is 294 g/mol. The molecule has 1 heterocycles. The summed E-state index contributed by atoms with van der Waals surface area (Å²) in [5, 5.41) is 4.39. The molecule has 2 rings (SSSR count). The van der Waals surface area contributed by atoms with Crippen molar-refractivity contribution >= 4 is 28.1 Å². The molecule has 22 heavy (non-hydrogen) atoms. The zero-order valence-corrected chi connectivity index (χ0v) is 14.2. The molecule has 0 saturated carbocycles. The summed E-state index contributed by atoms with van der Waals surface area (Å²) in [5.74, 6) is 0.585. The summed E-state index contributed by atoms with van der Waals surface area (Å²) in [6, 6.07) is 9.87. The lowest BCUT2D eigenvalue weighted by molar-refractivity contribution is 0.309. The van der Waals surface area contributed by atoms with Crippen LogP contribution in [0.15, 0.2) is 30.3 Å². The number of ether oxygens (including phenoxy) is 1. The molecule has 0 radical (unpaired) electrons. The molecule has 0 amide bonds. The van der Waals surface area contributed by atoms with Crippen LogP contribution >= 0.6 is 12.2 Å². The predicted octanol–water partition coefficient (Wildman–Crippen LogP) is 2.85. The molecule has 0 aliphatic carbocycles. The number of thiocarbonyl (C=S) groups is 1. The van der Waals surface area contributed by atoms with E-state index in [0.717, 1.165) is 47.6 Å². The van der Waals surface area contributed by atoms with Crippen LogP contribution in [-0.4, -0.2) is 48.2 Å². The van der Waals surface area contributed by atoms with Gasteiger partial charge in [-0.25, -0.2) is 4.98 Å². The second-order valence-corrected chi connectivity index (χ2v) is 5.42. The summed E-state index contributed by atoms with van der Waals surface area (Å²) >= 11 is 5.57. The average molecular weight is 317 g/mol. The van der Waals surface area contributed by atoms with Crippen LogP contribution in [0.2, 0.25) is 0 Å². The standard InChI is InChI=1S/C17H23N3OS/c1-4-20(5-2)11-10-18-17(22)14-12-16(21-3)19-15-9-7-6-8-13(14)15/h6-9,12H,4-5,10-11H2,1-3H3,(H,18,22). The van der Waals surface area contributed by atoms with Gasteiger partial charge in [-0.05, 0) is 19.2 Å². The van der Waals surface area contributed by atoms with Gasteiger partial charge in [-0.15, -0.1) is 0 Å². The Morgan fingerprint density at radius 1 is 1.27 bits per heavy atom. The van der Waals surface area contributed by atoms with Gasteiger partial charge in [-0.1, -0.05) is 44.3 Å². The van der Waals surface area contributed by atoms with Crippen molar-refractivity contribution in [3.63, 3.8) is 0 Å². The number of para-hydroxylation sites is 1. The van der Waals surface area contributed by atoms with Gasteiger partial charge in [0.25, 0.3) is 0 Å². The highest BCUT2D eigenvalue weighted by molar-refractivity contribution is 7.80. The first-order chi connectivity index (χ1) is 10.7. The minimum atomic E-state index is 0.585. The monoisotopic (exact) mass is 317 g/mol. The Labute approximate surface area is 137 Å². The van der Waals surface area contributed by atoms with E-state index in [2.05, 4.69) is 29.0 Å². The molecule has 0 unspecified atom stereocenters. The average Bonchev–Trinajstić information content (AvgIpc) is 2.57. The van der Waals surface area contributed by atoms with Gasteiger partial charge in [0, 0.05) is 30.1 Å². The molecule has 0 aliphatic heterocycles. The first-order valence-corrected chi connectivity index (χ1v) is 8.04. The number of hydrogen-bond donors (Lipinski definition) is 1. The molecule has 5 heteroatoms. The number of nitrogens with one attached hydrogen (secondary N) is 1. The quantitative estimate of drug-likeness (QED) is 0.795. The van der Waals surface area contributed by atoms with E-state index in [9.17, 15) is 0 Å². The van der Waals surface area contributed by atoms with Crippen LogP contribution in [0.4, 0.5) is 0 Å². The highest BCUT2D eigenvalue weighted by Gasteiger charge is 2.10. The van der Waals surface area contributed by atoms with Crippen molar-refractivity contribution in [3.05, 3.63) is 35.9 Å². The van der Waals surface area contributed by atoms with Crippen LogP contribution < -0.4 is 10.1 Å². The Hall–Kier alpha value is -1.72. The van der Waals surface area contributed by atoms with E-state index >= 15 is 0 Å². The van der Waals surface area contributed by atoms with E-state index < -0.39 is 0 Å². The molecule has 1 aromatic carbocycles. The second kappa shape index (κ2) is 8.06. The minimum Gasteiger partial charge on any atom is -0.481 e. The highest BCUT2D eigenvalue weighted by Crippen LogP contribution is 2.22. The van der Waals surface area contributed by atoms with Crippen molar-refractivity contribution in [1.29, 1.82) is 0 Å². The number of likely N-dealkylation sites (N-methyl/N-ethyl adjacent to an activating group) is 1. The van der Waals surface area contributed by atoms with E-state index in [0.29, 0.717) is 5.88 Å². The molecule has 0 saturated heterocycles. The van der Waals surface area contributed by atoms with Gasteiger partial charge < -0.3 is 15.0 Å². The third kappa shape index (κ3) is 3.93. The highest BCUT2D eigenvalue weighted by atomic mass is 32.1. The predicted molar refractivity (Wildman–Crippen MR) is 95.8 cm³/mol. The number of methoxy groups -OCH3 is 1. The van der Waals surface area contributed by atoms with E-state index in [1.807, 2.05) is 30.3 Å². The lowest BCUT2D eigenvalue weighted by Gasteiger charge is -2.19. The Kier molecular flexibility index (Phi) is 6.10. The van der Waals surface area contributed by atoms with Crippen LogP contribution in [0.1, 0.15) is 19.4 Å². The smallest absolute Gasteiger partial charge is 0.214 e. The third-order valence-electron chi connectivity index (χ3n) is 3.75. The maximum Gasteiger partial charge on any atom is 0.214 e. The molecule has 0 spiro atoms. The molecule has 1 aromatic heterocycles. The summed E-state index contributed by atoms with van der Waals surface area (Å²) in [6.45, 7) is 8.26. The van der Waals surface area contributed by atoms with Gasteiger partial charge in [0.15, 0.2) is 0 Å². The van der Waals surface area contributed by atoms with Crippen molar-refractivity contribution in [2.45, 2.75) is 13.8 Å². The molecule has 0 fully saturated rings. The molecule has 4 nitrogen and oxygen atoms in total. The van der Waals surface area contributed by atoms with E-state index in [-0.39, 0.29) is 0 Å². The largest absolute Gasteiger partial charge is 0.481 e. The topological polar surface area (TPSA) is 37.4 Å². The normalized spacial score (nSPS) is 10.9. The summed E-state index contributed by atoms with van der Waals surface area (Å²) in [6.07, 6.45) is 0. The lowest BCUT2D eigenvalue weighted by Crippen LogP contribution is -2.34. The maximum absolute atomic E-state index is 5.57. The van der Waals surface area contributed by atoms with E-state index in [1.165, 1.54) is 0 Å². The SMILES string of the molecule is CCN(CC)CCNC(=S)c1cc(OC)nc2ccccc12. The first-order valence-electron chi connectivity index (χ1n) is 7.63. The number of nitrogens with zero attached hydrogens (tertiary/aromatic N) is 2. The van der Waals surface area contributed by atoms with Crippen molar-refractivity contribution in [3.8, 4) is 5.88 Å². The van der Waals surface area contributed by atoms with Crippen LogP contribution in [-0.2, 0) is 0 Å². The van der Waals surface area contributed by atoms with E-state index in [1.54, 1.807) is 7.11 Å². The first kappa shape index (κ1) is 16.6. The fourth-order valence-corrected chi connectivity index (χ4v) is 2.68. The van der Waals surface area contributed by atoms with Gasteiger partial charge in [0.1, 0.15) is 4.99 Å². The molecule has 118 valence electrons. The van der Waals surface area contributed by atoms with Crippen LogP contribution in [0, 0.1) is 0 Å². The molecule has 0 bridgehead atoms. The van der Waals surface area contributed by atoms with Gasteiger partial charge in [0.2, 0.25) is 5.88 Å². The Balaban J connectivity index is 2.16. The molecular formula is C17H23N3OS. The van der Waals surface area contributed by atoms with Crippen molar-refractivity contribution in [2.75, 3.05) is 33.3 Å². The Morgan fingerprint density at radius 3 is 2.68 bits per heavy atom. The maximum atomic E-state index is 5.57. The minimum absolute atomic E-state index is 0.585. The lowest BCUT2D eigenvalue weighted by atomic mass is 10.1.